The smallest absolute Gasteiger partial charge is 0.136 e. The first kappa shape index (κ1) is 13.1. The minimum absolute atomic E-state index is 0.113. The fraction of sp³-hybridized carbons (Fsp3) is 0.933. The second-order valence-electron chi connectivity index (χ2n) is 6.24. The highest BCUT2D eigenvalue weighted by Gasteiger charge is 2.46. The lowest BCUT2D eigenvalue weighted by Crippen LogP contribution is -2.63. The first-order valence-corrected chi connectivity index (χ1v) is 7.45. The summed E-state index contributed by atoms with van der Waals surface area (Å²) in [6.45, 7) is 4.46. The Hall–Kier alpha value is -0.370. The van der Waals surface area contributed by atoms with Crippen LogP contribution < -0.4 is 5.32 Å². The normalized spacial score (nSPS) is 32.9. The van der Waals surface area contributed by atoms with Crippen LogP contribution >= 0.6 is 0 Å². The Morgan fingerprint density at radius 3 is 2.41 bits per heavy atom. The summed E-state index contributed by atoms with van der Waals surface area (Å²) in [5, 5.41) is 3.94. The van der Waals surface area contributed by atoms with Crippen molar-refractivity contribution in [2.75, 3.05) is 0 Å². The zero-order valence-corrected chi connectivity index (χ0v) is 11.5. The van der Waals surface area contributed by atoms with Crippen molar-refractivity contribution >= 4 is 5.78 Å². The monoisotopic (exact) mass is 237 g/mol. The minimum Gasteiger partial charge on any atom is -0.305 e. The summed E-state index contributed by atoms with van der Waals surface area (Å²) in [5.74, 6) is 0.501. The van der Waals surface area contributed by atoms with Crippen LogP contribution in [0.1, 0.15) is 78.1 Å². The van der Waals surface area contributed by atoms with E-state index in [1.807, 2.05) is 0 Å². The van der Waals surface area contributed by atoms with E-state index in [4.69, 9.17) is 0 Å². The van der Waals surface area contributed by atoms with E-state index in [1.54, 1.807) is 0 Å². The number of rotatable bonds is 3. The Kier molecular flexibility index (Phi) is 3.92. The standard InChI is InChI=1S/C15H27NO/c1-3-8-14(4-2)11-13(17)12-15(16-14)9-6-5-7-10-15/h16H,3-12H2,1-2H3. The Morgan fingerprint density at radius 1 is 1.12 bits per heavy atom. The van der Waals surface area contributed by atoms with Crippen LogP contribution in [0.5, 0.6) is 0 Å². The second kappa shape index (κ2) is 5.09. The molecular weight excluding hydrogens is 210 g/mol. The molecule has 0 amide bonds. The van der Waals surface area contributed by atoms with Gasteiger partial charge in [0.25, 0.3) is 0 Å². The molecule has 1 N–H and O–H groups in total. The zero-order chi connectivity index (χ0) is 12.4. The predicted molar refractivity (Wildman–Crippen MR) is 71.1 cm³/mol. The molecule has 1 aliphatic carbocycles. The fourth-order valence-corrected chi connectivity index (χ4v) is 4.02. The van der Waals surface area contributed by atoms with Gasteiger partial charge in [0.2, 0.25) is 0 Å². The van der Waals surface area contributed by atoms with Gasteiger partial charge in [-0.1, -0.05) is 39.5 Å². The van der Waals surface area contributed by atoms with E-state index in [9.17, 15) is 4.79 Å². The summed E-state index contributed by atoms with van der Waals surface area (Å²) in [4.78, 5) is 12.1. The molecule has 1 aliphatic heterocycles. The van der Waals surface area contributed by atoms with Crippen LogP contribution in [0.15, 0.2) is 0 Å². The van der Waals surface area contributed by atoms with E-state index in [2.05, 4.69) is 19.2 Å². The van der Waals surface area contributed by atoms with Gasteiger partial charge in [0.15, 0.2) is 0 Å². The molecule has 2 fully saturated rings. The van der Waals surface area contributed by atoms with Crippen molar-refractivity contribution in [2.24, 2.45) is 0 Å². The van der Waals surface area contributed by atoms with E-state index >= 15 is 0 Å². The van der Waals surface area contributed by atoms with Crippen LogP contribution in [-0.2, 0) is 4.79 Å². The number of ketones is 1. The molecule has 2 nitrogen and oxygen atoms in total. The minimum atomic E-state index is 0.113. The molecule has 0 aromatic heterocycles. The van der Waals surface area contributed by atoms with E-state index in [0.29, 0.717) is 5.78 Å². The third-order valence-corrected chi connectivity index (χ3v) is 4.82. The Morgan fingerprint density at radius 2 is 1.82 bits per heavy atom. The largest absolute Gasteiger partial charge is 0.305 e. The molecule has 0 aromatic rings. The van der Waals surface area contributed by atoms with Gasteiger partial charge in [-0.2, -0.15) is 0 Å². The van der Waals surface area contributed by atoms with Crippen molar-refractivity contribution in [3.63, 3.8) is 0 Å². The van der Waals surface area contributed by atoms with Crippen molar-refractivity contribution in [2.45, 2.75) is 89.1 Å². The molecule has 17 heavy (non-hydrogen) atoms. The van der Waals surface area contributed by atoms with Gasteiger partial charge < -0.3 is 5.32 Å². The molecule has 1 saturated carbocycles. The van der Waals surface area contributed by atoms with Crippen molar-refractivity contribution < 1.29 is 4.79 Å². The van der Waals surface area contributed by atoms with E-state index in [-0.39, 0.29) is 11.1 Å². The summed E-state index contributed by atoms with van der Waals surface area (Å²) in [6.07, 6.45) is 11.3. The number of carbonyl (C=O) groups is 1. The van der Waals surface area contributed by atoms with Crippen molar-refractivity contribution in [3.05, 3.63) is 0 Å². The van der Waals surface area contributed by atoms with Gasteiger partial charge in [-0.3, -0.25) is 4.79 Å². The van der Waals surface area contributed by atoms with Crippen LogP contribution in [-0.4, -0.2) is 16.9 Å². The van der Waals surface area contributed by atoms with E-state index in [0.717, 1.165) is 25.7 Å². The van der Waals surface area contributed by atoms with Crippen LogP contribution in [0.2, 0.25) is 0 Å². The summed E-state index contributed by atoms with van der Waals surface area (Å²) >= 11 is 0. The molecule has 1 atom stereocenters. The first-order valence-electron chi connectivity index (χ1n) is 7.45. The van der Waals surface area contributed by atoms with Crippen LogP contribution in [0.3, 0.4) is 0 Å². The van der Waals surface area contributed by atoms with Gasteiger partial charge >= 0.3 is 0 Å². The predicted octanol–water partition coefficient (Wildman–Crippen LogP) is 3.59. The number of Topliss-reactive ketones (excluding diaryl/α,β-unsaturated/α-hetero) is 1. The van der Waals surface area contributed by atoms with Gasteiger partial charge in [-0.05, 0) is 25.7 Å². The average Bonchev–Trinajstić information content (AvgIpc) is 2.29. The molecule has 2 rings (SSSR count). The molecule has 1 heterocycles. The van der Waals surface area contributed by atoms with Gasteiger partial charge in [-0.25, -0.2) is 0 Å². The lowest BCUT2D eigenvalue weighted by molar-refractivity contribution is -0.126. The van der Waals surface area contributed by atoms with Gasteiger partial charge in [0, 0.05) is 23.9 Å². The lowest BCUT2D eigenvalue weighted by atomic mass is 9.69. The fourth-order valence-electron chi connectivity index (χ4n) is 4.02. The molecule has 0 aromatic carbocycles. The van der Waals surface area contributed by atoms with Gasteiger partial charge in [0.05, 0.1) is 0 Å². The van der Waals surface area contributed by atoms with E-state index < -0.39 is 0 Å². The number of nitrogens with one attached hydrogen (secondary N) is 1. The van der Waals surface area contributed by atoms with Crippen LogP contribution in [0.25, 0.3) is 0 Å². The van der Waals surface area contributed by atoms with Crippen LogP contribution in [0, 0.1) is 0 Å². The highest BCUT2D eigenvalue weighted by atomic mass is 16.1. The molecule has 1 spiro atoms. The Balaban J connectivity index is 2.16. The third-order valence-electron chi connectivity index (χ3n) is 4.82. The highest BCUT2D eigenvalue weighted by molar-refractivity contribution is 5.82. The maximum Gasteiger partial charge on any atom is 0.136 e. The number of piperidine rings is 1. The summed E-state index contributed by atoms with van der Waals surface area (Å²) in [5.41, 5.74) is 0.278. The number of hydrogen-bond donors (Lipinski definition) is 1. The van der Waals surface area contributed by atoms with E-state index in [1.165, 1.54) is 38.5 Å². The molecule has 2 heteroatoms. The zero-order valence-electron chi connectivity index (χ0n) is 11.5. The maximum atomic E-state index is 12.1. The van der Waals surface area contributed by atoms with Crippen molar-refractivity contribution in [3.8, 4) is 0 Å². The van der Waals surface area contributed by atoms with Crippen LogP contribution in [0.4, 0.5) is 0 Å². The Bertz CT molecular complexity index is 267. The van der Waals surface area contributed by atoms with Crippen molar-refractivity contribution in [1.29, 1.82) is 0 Å². The lowest BCUT2D eigenvalue weighted by Gasteiger charge is -2.50. The maximum absolute atomic E-state index is 12.1. The second-order valence-corrected chi connectivity index (χ2v) is 6.24. The SMILES string of the molecule is CCCC1(CC)CC(=O)CC2(CCCCC2)N1. The summed E-state index contributed by atoms with van der Waals surface area (Å²) < 4.78 is 0. The number of hydrogen-bond acceptors (Lipinski definition) is 2. The highest BCUT2D eigenvalue weighted by Crippen LogP contribution is 2.40. The molecule has 1 unspecified atom stereocenters. The molecule has 0 bridgehead atoms. The number of carbonyl (C=O) groups excluding carboxylic acids is 1. The summed E-state index contributed by atoms with van der Waals surface area (Å²) in [7, 11) is 0. The van der Waals surface area contributed by atoms with Gasteiger partial charge in [0.1, 0.15) is 5.78 Å². The quantitative estimate of drug-likeness (QED) is 0.812. The molecule has 0 radical (unpaired) electrons. The Labute approximate surface area is 106 Å². The molecule has 1 saturated heterocycles. The molecule has 2 aliphatic rings. The summed E-state index contributed by atoms with van der Waals surface area (Å²) in [6, 6.07) is 0. The molecule has 98 valence electrons. The van der Waals surface area contributed by atoms with Crippen molar-refractivity contribution in [1.82, 2.24) is 5.32 Å². The first-order chi connectivity index (χ1) is 8.14. The average molecular weight is 237 g/mol. The van der Waals surface area contributed by atoms with Gasteiger partial charge in [-0.15, -0.1) is 0 Å². The molecular formula is C15H27NO. The third kappa shape index (κ3) is 2.73. The topological polar surface area (TPSA) is 29.1 Å².